The molecular formula is C13H26O9. The van der Waals surface area contributed by atoms with Gasteiger partial charge in [-0.3, -0.25) is 0 Å². The Bertz CT molecular complexity index is 276. The first-order chi connectivity index (χ1) is 10.6. The molecule has 4 N–H and O–H groups in total. The van der Waals surface area contributed by atoms with Crippen molar-refractivity contribution in [3.05, 3.63) is 0 Å². The highest BCUT2D eigenvalue weighted by Gasteiger charge is 2.43. The van der Waals surface area contributed by atoms with Gasteiger partial charge < -0.3 is 44.1 Å². The number of ether oxygens (including phenoxy) is 5. The first-order valence-electron chi connectivity index (χ1n) is 7.18. The predicted molar refractivity (Wildman–Crippen MR) is 73.2 cm³/mol. The van der Waals surface area contributed by atoms with E-state index >= 15 is 0 Å². The van der Waals surface area contributed by atoms with Gasteiger partial charge in [0.2, 0.25) is 0 Å². The van der Waals surface area contributed by atoms with Crippen LogP contribution in [0.1, 0.15) is 0 Å². The van der Waals surface area contributed by atoms with Gasteiger partial charge in [-0.2, -0.15) is 0 Å². The summed E-state index contributed by atoms with van der Waals surface area (Å²) in [6, 6.07) is 0. The Balaban J connectivity index is 2.11. The van der Waals surface area contributed by atoms with Crippen LogP contribution in [0.2, 0.25) is 0 Å². The second kappa shape index (κ2) is 11.2. The molecule has 0 aliphatic carbocycles. The lowest BCUT2D eigenvalue weighted by Crippen LogP contribution is -2.59. The van der Waals surface area contributed by atoms with Crippen molar-refractivity contribution in [1.29, 1.82) is 0 Å². The molecule has 0 amide bonds. The minimum Gasteiger partial charge on any atom is -0.394 e. The van der Waals surface area contributed by atoms with Crippen molar-refractivity contribution >= 4 is 0 Å². The molecule has 0 aromatic carbocycles. The van der Waals surface area contributed by atoms with Gasteiger partial charge in [0.25, 0.3) is 0 Å². The summed E-state index contributed by atoms with van der Waals surface area (Å²) in [5, 5.41) is 38.0. The Kier molecular flexibility index (Phi) is 10.0. The van der Waals surface area contributed by atoms with Crippen molar-refractivity contribution in [2.24, 2.45) is 0 Å². The zero-order valence-corrected chi connectivity index (χ0v) is 12.7. The van der Waals surface area contributed by atoms with Crippen molar-refractivity contribution in [3.63, 3.8) is 0 Å². The fraction of sp³-hybridized carbons (Fsp3) is 1.00. The van der Waals surface area contributed by atoms with Crippen LogP contribution < -0.4 is 0 Å². The quantitative estimate of drug-likeness (QED) is 0.304. The van der Waals surface area contributed by atoms with E-state index in [9.17, 15) is 15.3 Å². The summed E-state index contributed by atoms with van der Waals surface area (Å²) >= 11 is 0. The minimum absolute atomic E-state index is 0.126. The molecule has 1 saturated heterocycles. The Morgan fingerprint density at radius 2 is 1.41 bits per heavy atom. The van der Waals surface area contributed by atoms with Gasteiger partial charge in [-0.25, -0.2) is 0 Å². The van der Waals surface area contributed by atoms with Gasteiger partial charge in [0, 0.05) is 7.11 Å². The molecule has 0 aromatic heterocycles. The van der Waals surface area contributed by atoms with E-state index in [1.165, 1.54) is 0 Å². The normalized spacial score (nSPS) is 32.3. The number of hydrogen-bond donors (Lipinski definition) is 4. The van der Waals surface area contributed by atoms with Crippen molar-refractivity contribution in [2.45, 2.75) is 30.7 Å². The molecule has 0 saturated carbocycles. The van der Waals surface area contributed by atoms with Gasteiger partial charge in [0.1, 0.15) is 24.4 Å². The lowest BCUT2D eigenvalue weighted by atomic mass is 9.99. The molecule has 22 heavy (non-hydrogen) atoms. The lowest BCUT2D eigenvalue weighted by molar-refractivity contribution is -0.302. The standard InChI is InChI=1S/C13H26O9/c1-18-2-3-19-4-5-20-6-7-21-13-12(17)11(16)10(15)9(8-14)22-13/h9-17H,2-8H2,1H3/t9-,10-,11+,12-,13-/m1/s1. The number of hydrogen-bond acceptors (Lipinski definition) is 9. The molecule has 0 unspecified atom stereocenters. The van der Waals surface area contributed by atoms with Gasteiger partial charge in [-0.1, -0.05) is 0 Å². The van der Waals surface area contributed by atoms with Crippen LogP contribution in [0.3, 0.4) is 0 Å². The lowest BCUT2D eigenvalue weighted by Gasteiger charge is -2.39. The van der Waals surface area contributed by atoms with Gasteiger partial charge >= 0.3 is 0 Å². The third-order valence-corrected chi connectivity index (χ3v) is 3.16. The maximum absolute atomic E-state index is 9.73. The maximum Gasteiger partial charge on any atom is 0.186 e. The van der Waals surface area contributed by atoms with Gasteiger partial charge in [0.15, 0.2) is 6.29 Å². The summed E-state index contributed by atoms with van der Waals surface area (Å²) < 4.78 is 25.7. The van der Waals surface area contributed by atoms with Crippen LogP contribution in [-0.4, -0.2) is 104 Å². The fourth-order valence-corrected chi connectivity index (χ4v) is 1.89. The second-order valence-corrected chi connectivity index (χ2v) is 4.79. The van der Waals surface area contributed by atoms with E-state index in [-0.39, 0.29) is 13.2 Å². The van der Waals surface area contributed by atoms with Crippen LogP contribution in [0.4, 0.5) is 0 Å². The summed E-state index contributed by atoms with van der Waals surface area (Å²) in [5.41, 5.74) is 0. The van der Waals surface area contributed by atoms with Crippen LogP contribution in [0.25, 0.3) is 0 Å². The van der Waals surface area contributed by atoms with E-state index in [1.54, 1.807) is 7.11 Å². The number of rotatable bonds is 11. The minimum atomic E-state index is -1.44. The smallest absolute Gasteiger partial charge is 0.186 e. The van der Waals surface area contributed by atoms with Crippen LogP contribution in [0, 0.1) is 0 Å². The average Bonchev–Trinajstić information content (AvgIpc) is 2.53. The molecule has 5 atom stereocenters. The molecule has 1 aliphatic heterocycles. The Labute approximate surface area is 129 Å². The van der Waals surface area contributed by atoms with Crippen LogP contribution >= 0.6 is 0 Å². The first-order valence-corrected chi connectivity index (χ1v) is 7.18. The highest BCUT2D eigenvalue weighted by Crippen LogP contribution is 2.21. The third kappa shape index (κ3) is 6.41. The summed E-state index contributed by atoms with van der Waals surface area (Å²) in [5.74, 6) is 0. The van der Waals surface area contributed by atoms with Crippen LogP contribution in [-0.2, 0) is 23.7 Å². The molecule has 9 nitrogen and oxygen atoms in total. The topological polar surface area (TPSA) is 127 Å². The first kappa shape index (κ1) is 19.7. The monoisotopic (exact) mass is 326 g/mol. The van der Waals surface area contributed by atoms with Gasteiger partial charge in [-0.15, -0.1) is 0 Å². The highest BCUT2D eigenvalue weighted by atomic mass is 16.7. The number of aliphatic hydroxyl groups is 4. The van der Waals surface area contributed by atoms with Crippen molar-refractivity contribution in [3.8, 4) is 0 Å². The SMILES string of the molecule is COCCOCCOCCO[C@@H]1O[C@H](CO)[C@@H](O)[C@H](O)[C@H]1O. The van der Waals surface area contributed by atoms with E-state index in [1.807, 2.05) is 0 Å². The maximum atomic E-state index is 9.73. The van der Waals surface area contributed by atoms with Crippen LogP contribution in [0.15, 0.2) is 0 Å². The van der Waals surface area contributed by atoms with E-state index in [4.69, 9.17) is 28.8 Å². The molecule has 1 heterocycles. The molecule has 1 rings (SSSR count). The Morgan fingerprint density at radius 3 is 2.00 bits per heavy atom. The molecule has 0 radical (unpaired) electrons. The van der Waals surface area contributed by atoms with Crippen molar-refractivity contribution < 1.29 is 44.1 Å². The van der Waals surface area contributed by atoms with Crippen molar-refractivity contribution in [2.75, 3.05) is 53.4 Å². The fourth-order valence-electron chi connectivity index (χ4n) is 1.89. The Morgan fingerprint density at radius 1 is 0.818 bits per heavy atom. The van der Waals surface area contributed by atoms with E-state index in [0.29, 0.717) is 26.4 Å². The summed E-state index contributed by atoms with van der Waals surface area (Å²) in [6.07, 6.45) is -6.32. The molecule has 0 spiro atoms. The third-order valence-electron chi connectivity index (χ3n) is 3.16. The number of methoxy groups -OCH3 is 1. The van der Waals surface area contributed by atoms with Crippen molar-refractivity contribution in [1.82, 2.24) is 0 Å². The van der Waals surface area contributed by atoms with Gasteiger partial charge in [0.05, 0.1) is 46.2 Å². The molecule has 9 heteroatoms. The van der Waals surface area contributed by atoms with Gasteiger partial charge in [-0.05, 0) is 0 Å². The summed E-state index contributed by atoms with van der Waals surface area (Å²) in [4.78, 5) is 0. The molecule has 1 fully saturated rings. The molecular weight excluding hydrogens is 300 g/mol. The second-order valence-electron chi connectivity index (χ2n) is 4.79. The van der Waals surface area contributed by atoms with E-state index in [2.05, 4.69) is 0 Å². The largest absolute Gasteiger partial charge is 0.394 e. The Hall–Kier alpha value is -0.360. The zero-order valence-electron chi connectivity index (χ0n) is 12.7. The van der Waals surface area contributed by atoms with Crippen LogP contribution in [0.5, 0.6) is 0 Å². The molecule has 1 aliphatic rings. The van der Waals surface area contributed by atoms with E-state index in [0.717, 1.165) is 0 Å². The summed E-state index contributed by atoms with van der Waals surface area (Å²) in [7, 11) is 1.59. The summed E-state index contributed by atoms with van der Waals surface area (Å²) in [6.45, 7) is 1.75. The number of aliphatic hydroxyl groups excluding tert-OH is 4. The highest BCUT2D eigenvalue weighted by molar-refractivity contribution is 4.88. The molecule has 0 aromatic rings. The molecule has 132 valence electrons. The average molecular weight is 326 g/mol. The zero-order chi connectivity index (χ0) is 16.4. The van der Waals surface area contributed by atoms with E-state index < -0.39 is 37.3 Å². The molecule has 0 bridgehead atoms. The predicted octanol–water partition coefficient (Wildman–Crippen LogP) is -2.52.